The molecule has 0 atom stereocenters. The number of halogens is 2. The van der Waals surface area contributed by atoms with Gasteiger partial charge in [0, 0.05) is 50.2 Å². The smallest absolute Gasteiger partial charge is 0.410 e. The Hall–Kier alpha value is -2.94. The summed E-state index contributed by atoms with van der Waals surface area (Å²) >= 11 is 12.6. The monoisotopic (exact) mass is 600 g/mol. The summed E-state index contributed by atoms with van der Waals surface area (Å²) in [5.74, 6) is 2.48. The van der Waals surface area contributed by atoms with Crippen LogP contribution in [-0.2, 0) is 4.74 Å². The molecule has 1 N–H and O–H groups in total. The largest absolute Gasteiger partial charge is 0.494 e. The van der Waals surface area contributed by atoms with Gasteiger partial charge >= 0.3 is 6.09 Å². The molecule has 1 amide bonds. The van der Waals surface area contributed by atoms with Gasteiger partial charge in [-0.2, -0.15) is 0 Å². The molecule has 0 bridgehead atoms. The second-order valence-corrected chi connectivity index (χ2v) is 11.8. The maximum Gasteiger partial charge on any atom is 0.410 e. The number of pyridine rings is 1. The highest BCUT2D eigenvalue weighted by molar-refractivity contribution is 6.43. The van der Waals surface area contributed by atoms with Crippen LogP contribution in [0.3, 0.4) is 0 Å². The SMILES string of the molecule is CC1CC(CNC(=O)OCOc2ccc3ccc(OCCCCN4CCN(c5cccc(Cl)c5Cl)CC4)cc3n2)C1. The summed E-state index contributed by atoms with van der Waals surface area (Å²) in [4.78, 5) is 21.2. The molecule has 0 spiro atoms. The molecule has 2 aliphatic rings. The standard InChI is InChI=1S/C31H38Cl2N4O4/c1-22-17-23(18-22)20-34-31(38)41-21-40-29-10-8-24-7-9-25(19-27(24)35-29)39-16-3-2-11-36-12-14-37(15-13-36)28-6-4-5-26(32)30(28)33/h4-10,19,22-23H,2-3,11-18,20-21H2,1H3,(H,34,38). The van der Waals surface area contributed by atoms with Crippen LogP contribution < -0.4 is 19.7 Å². The Morgan fingerprint density at radius 3 is 2.63 bits per heavy atom. The van der Waals surface area contributed by atoms with Gasteiger partial charge in [0.2, 0.25) is 12.7 Å². The number of anilines is 1. The molecular weight excluding hydrogens is 563 g/mol. The predicted octanol–water partition coefficient (Wildman–Crippen LogP) is 6.63. The van der Waals surface area contributed by atoms with Gasteiger partial charge in [0.25, 0.3) is 0 Å². The summed E-state index contributed by atoms with van der Waals surface area (Å²) in [5, 5.41) is 5.01. The molecule has 2 aromatic carbocycles. The number of hydrogen-bond donors (Lipinski definition) is 1. The molecule has 0 radical (unpaired) electrons. The van der Waals surface area contributed by atoms with Crippen molar-refractivity contribution in [1.29, 1.82) is 0 Å². The van der Waals surface area contributed by atoms with Crippen LogP contribution in [0.1, 0.15) is 32.6 Å². The minimum atomic E-state index is -0.467. The van der Waals surface area contributed by atoms with Crippen LogP contribution >= 0.6 is 23.2 Å². The van der Waals surface area contributed by atoms with Crippen LogP contribution in [0.25, 0.3) is 10.9 Å². The van der Waals surface area contributed by atoms with Crippen LogP contribution in [-0.4, -0.2) is 68.6 Å². The van der Waals surface area contributed by atoms with Gasteiger partial charge in [-0.05, 0) is 74.4 Å². The number of ether oxygens (including phenoxy) is 3. The normalized spacial score (nSPS) is 19.0. The van der Waals surface area contributed by atoms with E-state index in [9.17, 15) is 4.79 Å². The van der Waals surface area contributed by atoms with E-state index in [0.717, 1.165) is 86.7 Å². The number of rotatable bonds is 12. The molecule has 1 aromatic heterocycles. The molecule has 3 aromatic rings. The lowest BCUT2D eigenvalue weighted by Crippen LogP contribution is -2.46. The number of benzene rings is 2. The summed E-state index contributed by atoms with van der Waals surface area (Å²) in [5.41, 5.74) is 1.78. The summed E-state index contributed by atoms with van der Waals surface area (Å²) in [6, 6.07) is 15.4. The van der Waals surface area contributed by atoms with Crippen molar-refractivity contribution in [3.63, 3.8) is 0 Å². The van der Waals surface area contributed by atoms with Gasteiger partial charge in [0.05, 0.1) is 27.9 Å². The van der Waals surface area contributed by atoms with E-state index in [1.165, 1.54) is 0 Å². The number of aromatic nitrogens is 1. The third kappa shape index (κ3) is 8.31. The number of nitrogens with one attached hydrogen (secondary N) is 1. The molecule has 1 aliphatic heterocycles. The second-order valence-electron chi connectivity index (χ2n) is 11.0. The molecule has 220 valence electrons. The number of hydrogen-bond acceptors (Lipinski definition) is 7. The lowest BCUT2D eigenvalue weighted by molar-refractivity contribution is 0.0547. The van der Waals surface area contributed by atoms with Crippen LogP contribution in [0.15, 0.2) is 48.5 Å². The van der Waals surface area contributed by atoms with Crippen LogP contribution in [0.4, 0.5) is 10.5 Å². The first-order valence-corrected chi connectivity index (χ1v) is 15.2. The van der Waals surface area contributed by atoms with Crippen molar-refractivity contribution in [3.05, 3.63) is 58.6 Å². The summed E-state index contributed by atoms with van der Waals surface area (Å²) < 4.78 is 16.7. The van der Waals surface area contributed by atoms with Crippen LogP contribution in [0, 0.1) is 11.8 Å². The number of carbonyl (C=O) groups excluding carboxylic acids is 1. The zero-order valence-corrected chi connectivity index (χ0v) is 25.0. The van der Waals surface area contributed by atoms with E-state index in [1.54, 1.807) is 6.07 Å². The van der Waals surface area contributed by atoms with E-state index in [-0.39, 0.29) is 6.79 Å². The van der Waals surface area contributed by atoms with E-state index < -0.39 is 6.09 Å². The molecule has 1 aliphatic carbocycles. The van der Waals surface area contributed by atoms with Crippen LogP contribution in [0.5, 0.6) is 11.6 Å². The van der Waals surface area contributed by atoms with Crippen LogP contribution in [0.2, 0.25) is 10.0 Å². The Kier molecular flexibility index (Phi) is 10.3. The Balaban J connectivity index is 0.985. The van der Waals surface area contributed by atoms with E-state index in [2.05, 4.69) is 27.0 Å². The quantitative estimate of drug-likeness (QED) is 0.185. The third-order valence-corrected chi connectivity index (χ3v) is 8.63. The van der Waals surface area contributed by atoms with E-state index in [4.69, 9.17) is 37.4 Å². The van der Waals surface area contributed by atoms with E-state index in [1.807, 2.05) is 42.5 Å². The van der Waals surface area contributed by atoms with Crippen molar-refractivity contribution in [2.45, 2.75) is 32.6 Å². The van der Waals surface area contributed by atoms with Gasteiger partial charge in [-0.3, -0.25) is 4.90 Å². The number of amides is 1. The average Bonchev–Trinajstić information content (AvgIpc) is 2.96. The summed E-state index contributed by atoms with van der Waals surface area (Å²) in [6.45, 7) is 8.24. The highest BCUT2D eigenvalue weighted by atomic mass is 35.5. The van der Waals surface area contributed by atoms with Crippen molar-refractivity contribution >= 4 is 45.9 Å². The second kappa shape index (κ2) is 14.3. The fourth-order valence-electron chi connectivity index (χ4n) is 5.48. The van der Waals surface area contributed by atoms with E-state index >= 15 is 0 Å². The highest BCUT2D eigenvalue weighted by Crippen LogP contribution is 2.33. The fraction of sp³-hybridized carbons (Fsp3) is 0.484. The lowest BCUT2D eigenvalue weighted by atomic mass is 9.76. The minimum Gasteiger partial charge on any atom is -0.494 e. The first-order chi connectivity index (χ1) is 19.9. The van der Waals surface area contributed by atoms with Crippen molar-refractivity contribution < 1.29 is 19.0 Å². The number of unbranched alkanes of at least 4 members (excludes halogenated alkanes) is 1. The average molecular weight is 602 g/mol. The Morgan fingerprint density at radius 1 is 1.02 bits per heavy atom. The fourth-order valence-corrected chi connectivity index (χ4v) is 5.90. The molecular formula is C31H38Cl2N4O4. The first-order valence-electron chi connectivity index (χ1n) is 14.4. The third-order valence-electron chi connectivity index (χ3n) is 7.82. The molecule has 0 unspecified atom stereocenters. The highest BCUT2D eigenvalue weighted by Gasteiger charge is 2.25. The number of carbonyl (C=O) groups is 1. The van der Waals surface area contributed by atoms with Crippen molar-refractivity contribution in [1.82, 2.24) is 15.2 Å². The Labute approximate surface area is 251 Å². The van der Waals surface area contributed by atoms with Crippen molar-refractivity contribution in [3.8, 4) is 11.6 Å². The molecule has 2 fully saturated rings. The van der Waals surface area contributed by atoms with Gasteiger partial charge in [0.1, 0.15) is 5.75 Å². The number of alkyl carbamates (subject to hydrolysis) is 1. The predicted molar refractivity (Wildman–Crippen MR) is 163 cm³/mol. The van der Waals surface area contributed by atoms with Gasteiger partial charge in [-0.15, -0.1) is 0 Å². The maximum atomic E-state index is 11.9. The van der Waals surface area contributed by atoms with Gasteiger partial charge in [0.15, 0.2) is 0 Å². The molecule has 1 saturated heterocycles. The molecule has 41 heavy (non-hydrogen) atoms. The topological polar surface area (TPSA) is 76.2 Å². The molecule has 1 saturated carbocycles. The van der Waals surface area contributed by atoms with Gasteiger partial charge in [-0.1, -0.05) is 36.2 Å². The van der Waals surface area contributed by atoms with Crippen molar-refractivity contribution in [2.75, 3.05) is 57.6 Å². The lowest BCUT2D eigenvalue weighted by Gasteiger charge is -2.36. The van der Waals surface area contributed by atoms with Crippen molar-refractivity contribution in [2.24, 2.45) is 11.8 Å². The first kappa shape index (κ1) is 29.5. The molecule has 10 heteroatoms. The summed E-state index contributed by atoms with van der Waals surface area (Å²) in [7, 11) is 0. The van der Waals surface area contributed by atoms with E-state index in [0.29, 0.717) is 35.0 Å². The molecule has 8 nitrogen and oxygen atoms in total. The molecule has 2 heterocycles. The Bertz CT molecular complexity index is 1310. The zero-order chi connectivity index (χ0) is 28.6. The number of piperazine rings is 1. The van der Waals surface area contributed by atoms with Gasteiger partial charge < -0.3 is 24.4 Å². The number of nitrogens with zero attached hydrogens (tertiary/aromatic N) is 3. The summed E-state index contributed by atoms with van der Waals surface area (Å²) in [6.07, 6.45) is 3.88. The number of fused-ring (bicyclic) bond motifs is 1. The minimum absolute atomic E-state index is 0.189. The Morgan fingerprint density at radius 2 is 1.83 bits per heavy atom. The van der Waals surface area contributed by atoms with Gasteiger partial charge in [-0.25, -0.2) is 9.78 Å². The maximum absolute atomic E-state index is 11.9. The molecule has 5 rings (SSSR count). The zero-order valence-electron chi connectivity index (χ0n) is 23.5.